The van der Waals surface area contributed by atoms with E-state index >= 15 is 0 Å². The number of phenolic OH excluding ortho intramolecular Hbond substituents is 1. The van der Waals surface area contributed by atoms with Crippen LogP contribution in [0, 0.1) is 0 Å². The summed E-state index contributed by atoms with van der Waals surface area (Å²) < 4.78 is 2.13. The SMILES string of the molecule is O=C1NC(Cc2cn(Cc3ccc(O)cc3)c3ccccc23)C(=O)S1. The van der Waals surface area contributed by atoms with Crippen molar-refractivity contribution in [1.82, 2.24) is 9.88 Å². The van der Waals surface area contributed by atoms with Crippen LogP contribution in [0.25, 0.3) is 10.9 Å². The molecule has 1 aliphatic heterocycles. The van der Waals surface area contributed by atoms with Gasteiger partial charge in [-0.2, -0.15) is 0 Å². The van der Waals surface area contributed by atoms with Gasteiger partial charge in [-0.25, -0.2) is 0 Å². The molecular formula is C19H16N2O3S. The van der Waals surface area contributed by atoms with E-state index in [9.17, 15) is 14.7 Å². The topological polar surface area (TPSA) is 71.3 Å². The van der Waals surface area contributed by atoms with Crippen LogP contribution in [0.2, 0.25) is 0 Å². The minimum atomic E-state index is -0.467. The number of hydrogen-bond donors (Lipinski definition) is 2. The summed E-state index contributed by atoms with van der Waals surface area (Å²) in [6.07, 6.45) is 2.53. The highest BCUT2D eigenvalue weighted by atomic mass is 32.2. The van der Waals surface area contributed by atoms with Crippen LogP contribution in [0.4, 0.5) is 4.79 Å². The second-order valence-corrected chi connectivity index (χ2v) is 7.05. The summed E-state index contributed by atoms with van der Waals surface area (Å²) in [4.78, 5) is 23.3. The minimum Gasteiger partial charge on any atom is -0.508 e. The maximum absolute atomic E-state index is 11.9. The fourth-order valence-corrected chi connectivity index (χ4v) is 3.83. The number of nitrogens with one attached hydrogen (secondary N) is 1. The van der Waals surface area contributed by atoms with Gasteiger partial charge < -0.3 is 15.0 Å². The number of hydrogen-bond acceptors (Lipinski definition) is 4. The molecule has 0 spiro atoms. The van der Waals surface area contributed by atoms with E-state index < -0.39 is 6.04 Å². The summed E-state index contributed by atoms with van der Waals surface area (Å²) in [5.74, 6) is 0.245. The van der Waals surface area contributed by atoms with Gasteiger partial charge in [-0.15, -0.1) is 0 Å². The van der Waals surface area contributed by atoms with Gasteiger partial charge in [0.25, 0.3) is 5.24 Å². The highest BCUT2D eigenvalue weighted by Gasteiger charge is 2.31. The summed E-state index contributed by atoms with van der Waals surface area (Å²) in [5.41, 5.74) is 3.19. The summed E-state index contributed by atoms with van der Waals surface area (Å²) in [5, 5.41) is 12.8. The fraction of sp³-hybridized carbons (Fsp3) is 0.158. The highest BCUT2D eigenvalue weighted by molar-refractivity contribution is 8.26. The van der Waals surface area contributed by atoms with Crippen LogP contribution in [0.1, 0.15) is 11.1 Å². The molecule has 3 aromatic rings. The van der Waals surface area contributed by atoms with Crippen LogP contribution in [0.5, 0.6) is 5.75 Å². The molecule has 1 amide bonds. The third-order valence-corrected chi connectivity index (χ3v) is 5.14. The van der Waals surface area contributed by atoms with Crippen molar-refractivity contribution in [3.05, 3.63) is 65.9 Å². The summed E-state index contributed by atoms with van der Waals surface area (Å²) in [6.45, 7) is 0.667. The number of para-hydroxylation sites is 1. The first-order valence-corrected chi connectivity index (χ1v) is 8.78. The molecule has 0 bridgehead atoms. The van der Waals surface area contributed by atoms with Gasteiger partial charge in [-0.05, 0) is 29.3 Å². The van der Waals surface area contributed by atoms with Crippen molar-refractivity contribution in [1.29, 1.82) is 0 Å². The number of nitrogens with zero attached hydrogens (tertiary/aromatic N) is 1. The molecule has 1 unspecified atom stereocenters. The molecular weight excluding hydrogens is 336 g/mol. The smallest absolute Gasteiger partial charge is 0.287 e. The first kappa shape index (κ1) is 15.8. The zero-order valence-corrected chi connectivity index (χ0v) is 14.1. The Balaban J connectivity index is 1.67. The minimum absolute atomic E-state index is 0.125. The van der Waals surface area contributed by atoms with E-state index in [0.29, 0.717) is 13.0 Å². The second-order valence-electron chi connectivity index (χ2n) is 6.08. The Hall–Kier alpha value is -2.73. The molecule has 2 heterocycles. The number of amides is 1. The molecule has 0 saturated carbocycles. The Morgan fingerprint density at radius 2 is 1.84 bits per heavy atom. The van der Waals surface area contributed by atoms with Gasteiger partial charge in [-0.3, -0.25) is 9.59 Å². The molecule has 1 aliphatic rings. The van der Waals surface area contributed by atoms with E-state index in [4.69, 9.17) is 0 Å². The Morgan fingerprint density at radius 1 is 1.08 bits per heavy atom. The quantitative estimate of drug-likeness (QED) is 0.756. The Bertz CT molecular complexity index is 962. The molecule has 1 aromatic heterocycles. The Kier molecular flexibility index (Phi) is 3.97. The zero-order valence-electron chi connectivity index (χ0n) is 13.3. The molecule has 5 nitrogen and oxygen atoms in total. The predicted molar refractivity (Wildman–Crippen MR) is 97.8 cm³/mol. The van der Waals surface area contributed by atoms with Gasteiger partial charge in [0.2, 0.25) is 5.12 Å². The van der Waals surface area contributed by atoms with E-state index in [1.807, 2.05) is 42.6 Å². The Labute approximate surface area is 148 Å². The number of aromatic nitrogens is 1. The van der Waals surface area contributed by atoms with Crippen molar-refractivity contribution in [2.45, 2.75) is 19.0 Å². The van der Waals surface area contributed by atoms with Crippen molar-refractivity contribution >= 4 is 33.0 Å². The normalized spacial score (nSPS) is 17.2. The fourth-order valence-electron chi connectivity index (χ4n) is 3.16. The summed E-state index contributed by atoms with van der Waals surface area (Å²) >= 11 is 0.745. The molecule has 1 saturated heterocycles. The van der Waals surface area contributed by atoms with Crippen LogP contribution >= 0.6 is 11.8 Å². The van der Waals surface area contributed by atoms with Crippen molar-refractivity contribution in [3.63, 3.8) is 0 Å². The summed E-state index contributed by atoms with van der Waals surface area (Å²) in [7, 11) is 0. The van der Waals surface area contributed by atoms with Crippen molar-refractivity contribution in [2.75, 3.05) is 0 Å². The molecule has 25 heavy (non-hydrogen) atoms. The molecule has 0 aliphatic carbocycles. The Morgan fingerprint density at radius 3 is 2.56 bits per heavy atom. The van der Waals surface area contributed by atoms with Crippen LogP contribution < -0.4 is 5.32 Å². The average Bonchev–Trinajstić information content (AvgIpc) is 3.10. The number of carbonyl (C=O) groups is 2. The van der Waals surface area contributed by atoms with Crippen LogP contribution in [0.15, 0.2) is 54.7 Å². The van der Waals surface area contributed by atoms with Gasteiger partial charge in [0.05, 0.1) is 0 Å². The lowest BCUT2D eigenvalue weighted by atomic mass is 10.1. The number of thioether (sulfide) groups is 1. The first-order valence-electron chi connectivity index (χ1n) is 7.97. The third kappa shape index (κ3) is 3.13. The predicted octanol–water partition coefficient (Wildman–Crippen LogP) is 3.29. The number of carbonyl (C=O) groups excluding carboxylic acids is 2. The van der Waals surface area contributed by atoms with E-state index in [1.165, 1.54) is 0 Å². The third-order valence-electron chi connectivity index (χ3n) is 4.35. The van der Waals surface area contributed by atoms with Crippen LogP contribution in [0.3, 0.4) is 0 Å². The number of phenols is 1. The second kappa shape index (κ2) is 6.29. The number of aromatic hydroxyl groups is 1. The molecule has 1 fully saturated rings. The number of benzene rings is 2. The molecule has 0 radical (unpaired) electrons. The van der Waals surface area contributed by atoms with Crippen LogP contribution in [-0.2, 0) is 17.8 Å². The van der Waals surface area contributed by atoms with Crippen molar-refractivity contribution < 1.29 is 14.7 Å². The van der Waals surface area contributed by atoms with E-state index in [2.05, 4.69) is 9.88 Å². The lowest BCUT2D eigenvalue weighted by Gasteiger charge is -2.06. The molecule has 6 heteroatoms. The number of rotatable bonds is 4. The maximum Gasteiger partial charge on any atom is 0.287 e. The molecule has 4 rings (SSSR count). The standard InChI is InChI=1S/C19H16N2O3S/c22-14-7-5-12(6-8-14)10-21-11-13(15-3-1-2-4-17(15)21)9-16-18(23)25-19(24)20-16/h1-8,11,16,22H,9-10H2,(H,20,24). The molecule has 2 N–H and O–H groups in total. The van der Waals surface area contributed by atoms with Gasteiger partial charge in [0.15, 0.2) is 0 Å². The monoisotopic (exact) mass is 352 g/mol. The lowest BCUT2D eigenvalue weighted by molar-refractivity contribution is -0.112. The average molecular weight is 352 g/mol. The molecule has 126 valence electrons. The van der Waals surface area contributed by atoms with Gasteiger partial charge >= 0.3 is 0 Å². The van der Waals surface area contributed by atoms with Crippen molar-refractivity contribution in [3.8, 4) is 5.75 Å². The highest BCUT2D eigenvalue weighted by Crippen LogP contribution is 2.26. The van der Waals surface area contributed by atoms with Crippen LogP contribution in [-0.4, -0.2) is 26.1 Å². The van der Waals surface area contributed by atoms with Gasteiger partial charge in [0, 0.05) is 41.8 Å². The van der Waals surface area contributed by atoms with E-state index in [0.717, 1.165) is 33.8 Å². The van der Waals surface area contributed by atoms with E-state index in [1.54, 1.807) is 12.1 Å². The molecule has 1 atom stereocenters. The van der Waals surface area contributed by atoms with Gasteiger partial charge in [-0.1, -0.05) is 30.3 Å². The largest absolute Gasteiger partial charge is 0.508 e. The van der Waals surface area contributed by atoms with Crippen molar-refractivity contribution in [2.24, 2.45) is 0 Å². The number of fused-ring (bicyclic) bond motifs is 1. The lowest BCUT2D eigenvalue weighted by Crippen LogP contribution is -2.30. The molecule has 2 aromatic carbocycles. The van der Waals surface area contributed by atoms with E-state index in [-0.39, 0.29) is 16.1 Å². The zero-order chi connectivity index (χ0) is 17.4. The first-order chi connectivity index (χ1) is 12.1. The van der Waals surface area contributed by atoms with Gasteiger partial charge in [0.1, 0.15) is 11.8 Å². The summed E-state index contributed by atoms with van der Waals surface area (Å²) in [6, 6.07) is 14.7. The maximum atomic E-state index is 11.9.